The van der Waals surface area contributed by atoms with Gasteiger partial charge in [0.15, 0.2) is 5.75 Å². The molecule has 0 atom stereocenters. The predicted octanol–water partition coefficient (Wildman–Crippen LogP) is 4.87. The average molecular weight is 300 g/mol. The van der Waals surface area contributed by atoms with Crippen molar-refractivity contribution in [1.82, 2.24) is 4.98 Å². The van der Waals surface area contributed by atoms with Crippen LogP contribution in [0.25, 0.3) is 10.9 Å². The summed E-state index contributed by atoms with van der Waals surface area (Å²) in [5.74, 6) is 0.0943. The standard InChI is InChI=1S/C18H24N2O2/c1-2-3-4-5-6-7-10-16(20-22)15-12-11-14-9-8-13-19-17(14)18(15)21/h8-9,11-13,21-22H,2-7,10H2,1H3/b20-16+. The van der Waals surface area contributed by atoms with Gasteiger partial charge in [0.1, 0.15) is 5.52 Å². The molecule has 2 N–H and O–H groups in total. The Labute approximate surface area is 131 Å². The second-order valence-corrected chi connectivity index (χ2v) is 5.60. The van der Waals surface area contributed by atoms with Crippen LogP contribution in [0.2, 0.25) is 0 Å². The van der Waals surface area contributed by atoms with Gasteiger partial charge in [-0.05, 0) is 25.0 Å². The summed E-state index contributed by atoms with van der Waals surface area (Å²) in [6.45, 7) is 2.20. The summed E-state index contributed by atoms with van der Waals surface area (Å²) < 4.78 is 0. The number of unbranched alkanes of at least 4 members (excludes halogenated alkanes) is 5. The maximum Gasteiger partial charge on any atom is 0.150 e. The topological polar surface area (TPSA) is 65.7 Å². The monoisotopic (exact) mass is 300 g/mol. The molecule has 0 aliphatic heterocycles. The third-order valence-electron chi connectivity index (χ3n) is 3.95. The molecule has 0 fully saturated rings. The molecule has 0 saturated carbocycles. The first kappa shape index (κ1) is 16.3. The molecule has 22 heavy (non-hydrogen) atoms. The van der Waals surface area contributed by atoms with Gasteiger partial charge in [-0.25, -0.2) is 0 Å². The summed E-state index contributed by atoms with van der Waals surface area (Å²) in [6, 6.07) is 7.42. The minimum atomic E-state index is 0.0943. The minimum absolute atomic E-state index is 0.0943. The van der Waals surface area contributed by atoms with Crippen LogP contribution in [-0.2, 0) is 0 Å². The second-order valence-electron chi connectivity index (χ2n) is 5.60. The molecule has 1 aromatic heterocycles. The Balaban J connectivity index is 2.04. The molecule has 2 aromatic rings. The van der Waals surface area contributed by atoms with E-state index in [4.69, 9.17) is 0 Å². The van der Waals surface area contributed by atoms with Crippen molar-refractivity contribution in [2.75, 3.05) is 0 Å². The van der Waals surface area contributed by atoms with Crippen molar-refractivity contribution in [3.8, 4) is 5.75 Å². The lowest BCUT2D eigenvalue weighted by atomic mass is 10.0. The molecule has 0 bridgehead atoms. The Morgan fingerprint density at radius 2 is 1.86 bits per heavy atom. The van der Waals surface area contributed by atoms with Crippen molar-refractivity contribution in [1.29, 1.82) is 0 Å². The van der Waals surface area contributed by atoms with Crippen molar-refractivity contribution < 1.29 is 10.3 Å². The summed E-state index contributed by atoms with van der Waals surface area (Å²) in [5, 5.41) is 23.9. The second kappa shape index (κ2) is 8.37. The van der Waals surface area contributed by atoms with Gasteiger partial charge in [-0.3, -0.25) is 4.98 Å². The largest absolute Gasteiger partial charge is 0.505 e. The molecule has 0 spiro atoms. The van der Waals surface area contributed by atoms with Gasteiger partial charge in [-0.15, -0.1) is 0 Å². The number of hydrogen-bond acceptors (Lipinski definition) is 4. The highest BCUT2D eigenvalue weighted by molar-refractivity contribution is 6.06. The van der Waals surface area contributed by atoms with Crippen molar-refractivity contribution in [3.05, 3.63) is 36.0 Å². The number of nitrogens with zero attached hydrogens (tertiary/aromatic N) is 2. The lowest BCUT2D eigenvalue weighted by Crippen LogP contribution is -2.02. The number of phenolic OH excluding ortho intramolecular Hbond substituents is 1. The number of fused-ring (bicyclic) bond motifs is 1. The number of oxime groups is 1. The zero-order valence-electron chi connectivity index (χ0n) is 13.1. The van der Waals surface area contributed by atoms with E-state index in [-0.39, 0.29) is 5.75 Å². The van der Waals surface area contributed by atoms with E-state index >= 15 is 0 Å². The highest BCUT2D eigenvalue weighted by Gasteiger charge is 2.13. The van der Waals surface area contributed by atoms with Crippen molar-refractivity contribution in [2.45, 2.75) is 51.9 Å². The van der Waals surface area contributed by atoms with Gasteiger partial charge in [0.25, 0.3) is 0 Å². The first-order valence-corrected chi connectivity index (χ1v) is 8.06. The number of hydrogen-bond donors (Lipinski definition) is 2. The summed E-state index contributed by atoms with van der Waals surface area (Å²) >= 11 is 0. The summed E-state index contributed by atoms with van der Waals surface area (Å²) in [7, 11) is 0. The van der Waals surface area contributed by atoms with Crippen molar-refractivity contribution in [3.63, 3.8) is 0 Å². The van der Waals surface area contributed by atoms with Crippen LogP contribution in [0.4, 0.5) is 0 Å². The van der Waals surface area contributed by atoms with Gasteiger partial charge in [-0.2, -0.15) is 0 Å². The van der Waals surface area contributed by atoms with Crippen LogP contribution in [0.5, 0.6) is 5.75 Å². The maximum atomic E-state index is 10.4. The van der Waals surface area contributed by atoms with E-state index in [1.54, 1.807) is 12.3 Å². The molecule has 118 valence electrons. The summed E-state index contributed by atoms with van der Waals surface area (Å²) in [5.41, 5.74) is 1.65. The first-order chi connectivity index (χ1) is 10.8. The zero-order chi connectivity index (χ0) is 15.8. The molecule has 0 amide bonds. The zero-order valence-corrected chi connectivity index (χ0v) is 13.1. The van der Waals surface area contributed by atoms with E-state index < -0.39 is 0 Å². The Morgan fingerprint density at radius 1 is 1.09 bits per heavy atom. The molecule has 0 saturated heterocycles. The molecule has 0 unspecified atom stereocenters. The molecule has 1 heterocycles. The lowest BCUT2D eigenvalue weighted by Gasteiger charge is -2.09. The van der Waals surface area contributed by atoms with E-state index in [0.29, 0.717) is 23.2 Å². The van der Waals surface area contributed by atoms with Gasteiger partial charge in [-0.1, -0.05) is 56.3 Å². The average Bonchev–Trinajstić information content (AvgIpc) is 2.56. The van der Waals surface area contributed by atoms with Crippen LogP contribution in [0, 0.1) is 0 Å². The van der Waals surface area contributed by atoms with Crippen LogP contribution in [0.1, 0.15) is 57.4 Å². The quantitative estimate of drug-likeness (QED) is 0.316. The van der Waals surface area contributed by atoms with Gasteiger partial charge < -0.3 is 10.3 Å². The molecule has 0 radical (unpaired) electrons. The van der Waals surface area contributed by atoms with Crippen molar-refractivity contribution in [2.24, 2.45) is 5.16 Å². The molecular formula is C18H24N2O2. The number of aromatic nitrogens is 1. The van der Waals surface area contributed by atoms with E-state index in [9.17, 15) is 10.3 Å². The smallest absolute Gasteiger partial charge is 0.150 e. The minimum Gasteiger partial charge on any atom is -0.505 e. The number of pyridine rings is 1. The fourth-order valence-corrected chi connectivity index (χ4v) is 2.67. The van der Waals surface area contributed by atoms with Crippen LogP contribution in [-0.4, -0.2) is 21.0 Å². The van der Waals surface area contributed by atoms with Gasteiger partial charge in [0.05, 0.1) is 5.71 Å². The number of benzene rings is 1. The molecule has 0 aliphatic carbocycles. The summed E-state index contributed by atoms with van der Waals surface area (Å²) in [6.07, 6.45) is 9.36. The maximum absolute atomic E-state index is 10.4. The Hall–Kier alpha value is -2.10. The SMILES string of the molecule is CCCCCCCC/C(=N\O)c1ccc2cccnc2c1O. The van der Waals surface area contributed by atoms with Crippen LogP contribution in [0.3, 0.4) is 0 Å². The Kier molecular flexibility index (Phi) is 6.19. The Morgan fingerprint density at radius 3 is 2.64 bits per heavy atom. The van der Waals surface area contributed by atoms with E-state index in [2.05, 4.69) is 17.1 Å². The third-order valence-corrected chi connectivity index (χ3v) is 3.95. The number of phenols is 1. The molecule has 1 aromatic carbocycles. The van der Waals surface area contributed by atoms with E-state index in [1.807, 2.05) is 18.2 Å². The van der Waals surface area contributed by atoms with E-state index in [0.717, 1.165) is 18.2 Å². The molecule has 2 rings (SSSR count). The lowest BCUT2D eigenvalue weighted by molar-refractivity contribution is 0.317. The molecule has 4 nitrogen and oxygen atoms in total. The van der Waals surface area contributed by atoms with Crippen LogP contribution >= 0.6 is 0 Å². The molecular weight excluding hydrogens is 276 g/mol. The summed E-state index contributed by atoms with van der Waals surface area (Å²) in [4.78, 5) is 4.20. The van der Waals surface area contributed by atoms with Gasteiger partial charge in [0.2, 0.25) is 0 Å². The van der Waals surface area contributed by atoms with Crippen molar-refractivity contribution >= 4 is 16.6 Å². The fourth-order valence-electron chi connectivity index (χ4n) is 2.67. The first-order valence-electron chi connectivity index (χ1n) is 8.06. The third kappa shape index (κ3) is 3.97. The van der Waals surface area contributed by atoms with Gasteiger partial charge >= 0.3 is 0 Å². The Bertz CT molecular complexity index is 638. The van der Waals surface area contributed by atoms with Gasteiger partial charge in [0, 0.05) is 17.1 Å². The number of rotatable bonds is 8. The van der Waals surface area contributed by atoms with Crippen LogP contribution < -0.4 is 0 Å². The predicted molar refractivity (Wildman–Crippen MR) is 89.7 cm³/mol. The molecule has 4 heteroatoms. The normalized spacial score (nSPS) is 12.0. The van der Waals surface area contributed by atoms with E-state index in [1.165, 1.54) is 25.7 Å². The highest BCUT2D eigenvalue weighted by Crippen LogP contribution is 2.28. The molecule has 0 aliphatic rings. The number of aromatic hydroxyl groups is 1. The van der Waals surface area contributed by atoms with Crippen LogP contribution in [0.15, 0.2) is 35.6 Å². The highest BCUT2D eigenvalue weighted by atomic mass is 16.4. The fraction of sp³-hybridized carbons (Fsp3) is 0.444.